The van der Waals surface area contributed by atoms with Gasteiger partial charge in [-0.2, -0.15) is 0 Å². The van der Waals surface area contributed by atoms with Crippen LogP contribution in [0.1, 0.15) is 24.2 Å². The maximum absolute atomic E-state index is 4.13. The molecule has 1 aromatic carbocycles. The monoisotopic (exact) mass is 298 g/mol. The molecule has 0 N–H and O–H groups in total. The Morgan fingerprint density at radius 2 is 2.14 bits per heavy atom. The second-order valence-corrected chi connectivity index (χ2v) is 6.31. The van der Waals surface area contributed by atoms with Crippen LogP contribution in [0.5, 0.6) is 0 Å². The van der Waals surface area contributed by atoms with Crippen LogP contribution in [-0.4, -0.2) is 50.8 Å². The molecule has 1 atom stereocenters. The van der Waals surface area contributed by atoms with E-state index in [1.54, 1.807) is 4.68 Å². The van der Waals surface area contributed by atoms with E-state index in [-0.39, 0.29) is 0 Å². The van der Waals surface area contributed by atoms with Crippen molar-refractivity contribution in [3.05, 3.63) is 35.7 Å². The van der Waals surface area contributed by atoms with E-state index < -0.39 is 0 Å². The molecule has 0 aliphatic carbocycles. The predicted octanol–water partition coefficient (Wildman–Crippen LogP) is 1.24. The fourth-order valence-electron chi connectivity index (χ4n) is 3.72. The van der Waals surface area contributed by atoms with E-state index >= 15 is 0 Å². The van der Waals surface area contributed by atoms with Crippen LogP contribution >= 0.6 is 0 Å². The van der Waals surface area contributed by atoms with Gasteiger partial charge in [-0.3, -0.25) is 4.90 Å². The molecule has 2 aliphatic heterocycles. The lowest BCUT2D eigenvalue weighted by Crippen LogP contribution is -2.40. The molecule has 1 aromatic heterocycles. The normalized spacial score (nSPS) is 21.5. The average molecular weight is 298 g/mol. The molecule has 1 unspecified atom stereocenters. The summed E-state index contributed by atoms with van der Waals surface area (Å²) in [7, 11) is 1.91. The highest BCUT2D eigenvalue weighted by atomic mass is 15.5. The third kappa shape index (κ3) is 2.47. The Labute approximate surface area is 130 Å². The molecule has 6 nitrogen and oxygen atoms in total. The molecule has 3 heterocycles. The van der Waals surface area contributed by atoms with Crippen molar-refractivity contribution in [2.75, 3.05) is 24.5 Å². The number of para-hydroxylation sites is 1. The Bertz CT molecular complexity index is 652. The summed E-state index contributed by atoms with van der Waals surface area (Å²) < 4.78 is 1.78. The summed E-state index contributed by atoms with van der Waals surface area (Å²) in [6, 6.07) is 9.41. The highest BCUT2D eigenvalue weighted by molar-refractivity contribution is 5.57. The van der Waals surface area contributed by atoms with Gasteiger partial charge in [0.2, 0.25) is 0 Å². The number of hydrogen-bond donors (Lipinski definition) is 0. The van der Waals surface area contributed by atoms with E-state index in [1.165, 1.54) is 30.5 Å². The summed E-state index contributed by atoms with van der Waals surface area (Å²) in [6.45, 7) is 4.26. The Balaban J connectivity index is 1.45. The van der Waals surface area contributed by atoms with Crippen molar-refractivity contribution in [1.82, 2.24) is 25.1 Å². The maximum atomic E-state index is 4.13. The van der Waals surface area contributed by atoms with Crippen LogP contribution in [-0.2, 0) is 20.0 Å². The van der Waals surface area contributed by atoms with Crippen molar-refractivity contribution in [3.63, 3.8) is 0 Å². The topological polar surface area (TPSA) is 50.1 Å². The van der Waals surface area contributed by atoms with E-state index in [0.717, 1.165) is 32.0 Å². The van der Waals surface area contributed by atoms with Crippen LogP contribution in [0.15, 0.2) is 24.3 Å². The number of aryl methyl sites for hydroxylation is 1. The van der Waals surface area contributed by atoms with Gasteiger partial charge in [0.15, 0.2) is 5.82 Å². The number of anilines is 1. The molecular formula is C16H22N6. The van der Waals surface area contributed by atoms with Gasteiger partial charge in [0.05, 0.1) is 6.54 Å². The molecule has 6 heteroatoms. The van der Waals surface area contributed by atoms with Crippen LogP contribution in [0.4, 0.5) is 5.69 Å². The van der Waals surface area contributed by atoms with Crippen molar-refractivity contribution >= 4 is 5.69 Å². The summed E-state index contributed by atoms with van der Waals surface area (Å²) in [6.07, 6.45) is 3.71. The lowest BCUT2D eigenvalue weighted by atomic mass is 10.1. The van der Waals surface area contributed by atoms with Gasteiger partial charge in [0, 0.05) is 31.9 Å². The summed E-state index contributed by atoms with van der Waals surface area (Å²) in [5.74, 6) is 0.953. The Hall–Kier alpha value is -1.95. The number of likely N-dealkylation sites (tertiary alicyclic amines) is 1. The Morgan fingerprint density at radius 1 is 1.23 bits per heavy atom. The Kier molecular flexibility index (Phi) is 3.54. The van der Waals surface area contributed by atoms with Gasteiger partial charge in [-0.15, -0.1) is 5.10 Å². The van der Waals surface area contributed by atoms with Crippen LogP contribution in [0.3, 0.4) is 0 Å². The predicted molar refractivity (Wildman–Crippen MR) is 84.6 cm³/mol. The van der Waals surface area contributed by atoms with Gasteiger partial charge in [0.1, 0.15) is 0 Å². The standard InChI is InChI=1S/C16H22N6/c1-20-16(17-18-19-20)12-21-9-4-6-14(21)11-22-10-8-13-5-2-3-7-15(13)22/h2-3,5,7,14H,4,6,8-12H2,1H3. The summed E-state index contributed by atoms with van der Waals surface area (Å²) in [5, 5.41) is 11.8. The van der Waals surface area contributed by atoms with Gasteiger partial charge in [-0.1, -0.05) is 18.2 Å². The molecule has 0 amide bonds. The highest BCUT2D eigenvalue weighted by Crippen LogP contribution is 2.29. The number of rotatable bonds is 4. The van der Waals surface area contributed by atoms with Crippen molar-refractivity contribution in [2.24, 2.45) is 7.05 Å². The van der Waals surface area contributed by atoms with Crippen LogP contribution in [0.2, 0.25) is 0 Å². The third-order valence-electron chi connectivity index (χ3n) is 4.97. The zero-order valence-corrected chi connectivity index (χ0v) is 13.0. The minimum atomic E-state index is 0.600. The van der Waals surface area contributed by atoms with Gasteiger partial charge in [-0.25, -0.2) is 4.68 Å². The number of fused-ring (bicyclic) bond motifs is 1. The minimum absolute atomic E-state index is 0.600. The summed E-state index contributed by atoms with van der Waals surface area (Å²) in [5.41, 5.74) is 2.92. The lowest BCUT2D eigenvalue weighted by Gasteiger charge is -2.29. The zero-order chi connectivity index (χ0) is 14.9. The van der Waals surface area contributed by atoms with Crippen molar-refractivity contribution in [3.8, 4) is 0 Å². The van der Waals surface area contributed by atoms with Gasteiger partial charge in [0.25, 0.3) is 0 Å². The summed E-state index contributed by atoms with van der Waals surface area (Å²) in [4.78, 5) is 5.08. The molecule has 2 aromatic rings. The van der Waals surface area contributed by atoms with Crippen molar-refractivity contribution in [1.29, 1.82) is 0 Å². The van der Waals surface area contributed by atoms with E-state index in [1.807, 2.05) is 7.05 Å². The van der Waals surface area contributed by atoms with E-state index in [0.29, 0.717) is 6.04 Å². The second-order valence-electron chi connectivity index (χ2n) is 6.31. The van der Waals surface area contributed by atoms with Crippen molar-refractivity contribution < 1.29 is 0 Å². The first-order valence-corrected chi connectivity index (χ1v) is 8.09. The SMILES string of the molecule is Cn1nnnc1CN1CCCC1CN1CCc2ccccc21. The molecule has 116 valence electrons. The molecule has 1 fully saturated rings. The maximum Gasteiger partial charge on any atom is 0.164 e. The molecule has 0 spiro atoms. The largest absolute Gasteiger partial charge is 0.369 e. The first-order valence-electron chi connectivity index (χ1n) is 8.09. The minimum Gasteiger partial charge on any atom is -0.369 e. The smallest absolute Gasteiger partial charge is 0.164 e. The van der Waals surface area contributed by atoms with Gasteiger partial charge >= 0.3 is 0 Å². The molecule has 1 saturated heterocycles. The van der Waals surface area contributed by atoms with Crippen LogP contribution in [0.25, 0.3) is 0 Å². The molecule has 2 aliphatic rings. The van der Waals surface area contributed by atoms with E-state index in [9.17, 15) is 0 Å². The van der Waals surface area contributed by atoms with Gasteiger partial charge < -0.3 is 4.90 Å². The summed E-state index contributed by atoms with van der Waals surface area (Å²) >= 11 is 0. The van der Waals surface area contributed by atoms with Gasteiger partial charge in [-0.05, 0) is 47.9 Å². The lowest BCUT2D eigenvalue weighted by molar-refractivity contribution is 0.238. The molecule has 0 saturated carbocycles. The first kappa shape index (κ1) is 13.7. The first-order chi connectivity index (χ1) is 10.8. The molecule has 0 bridgehead atoms. The fourth-order valence-corrected chi connectivity index (χ4v) is 3.72. The molecule has 22 heavy (non-hydrogen) atoms. The second kappa shape index (κ2) is 5.68. The van der Waals surface area contributed by atoms with Crippen molar-refractivity contribution in [2.45, 2.75) is 31.8 Å². The molecule has 4 rings (SSSR count). The number of aromatic nitrogens is 4. The zero-order valence-electron chi connectivity index (χ0n) is 13.0. The molecular weight excluding hydrogens is 276 g/mol. The van der Waals surface area contributed by atoms with Crippen LogP contribution in [0, 0.1) is 0 Å². The number of benzene rings is 1. The number of hydrogen-bond acceptors (Lipinski definition) is 5. The van der Waals surface area contributed by atoms with E-state index in [4.69, 9.17) is 0 Å². The van der Waals surface area contributed by atoms with E-state index in [2.05, 4.69) is 49.6 Å². The average Bonchev–Trinajstić information content (AvgIpc) is 3.24. The molecule has 0 radical (unpaired) electrons. The van der Waals surface area contributed by atoms with Crippen LogP contribution < -0.4 is 4.90 Å². The fraction of sp³-hybridized carbons (Fsp3) is 0.562. The third-order valence-corrected chi connectivity index (χ3v) is 4.97. The Morgan fingerprint density at radius 3 is 3.00 bits per heavy atom. The number of tetrazole rings is 1. The number of nitrogens with zero attached hydrogens (tertiary/aromatic N) is 6. The quantitative estimate of drug-likeness (QED) is 0.850. The highest BCUT2D eigenvalue weighted by Gasteiger charge is 2.29.